The third-order valence-electron chi connectivity index (χ3n) is 5.70. The van der Waals surface area contributed by atoms with Crippen molar-refractivity contribution in [1.29, 1.82) is 0 Å². The molecule has 3 aromatic carbocycles. The number of carbonyl (C=O) groups is 1. The predicted octanol–water partition coefficient (Wildman–Crippen LogP) is 5.15. The van der Waals surface area contributed by atoms with Crippen LogP contribution in [-0.2, 0) is 10.4 Å². The van der Waals surface area contributed by atoms with E-state index in [0.717, 1.165) is 16.6 Å². The lowest BCUT2D eigenvalue weighted by Gasteiger charge is -2.27. The number of carbonyl (C=O) groups excluding carboxylic acids is 1. The molecule has 0 aliphatic rings. The summed E-state index contributed by atoms with van der Waals surface area (Å²) in [6.07, 6.45) is 0. The molecule has 0 radical (unpaired) electrons. The van der Waals surface area contributed by atoms with Gasteiger partial charge in [-0.3, -0.25) is 9.63 Å². The van der Waals surface area contributed by atoms with Crippen molar-refractivity contribution in [3.63, 3.8) is 0 Å². The van der Waals surface area contributed by atoms with Crippen LogP contribution >= 0.6 is 23.4 Å². The molecule has 7 nitrogen and oxygen atoms in total. The molecular formula is C25H18Cl2N4O3. The Balaban J connectivity index is 1.69. The highest BCUT2D eigenvalue weighted by molar-refractivity contribution is 6.38. The van der Waals surface area contributed by atoms with Crippen molar-refractivity contribution >= 4 is 40.2 Å². The summed E-state index contributed by atoms with van der Waals surface area (Å²) in [6.45, 7) is 1.71. The van der Waals surface area contributed by atoms with E-state index in [0.29, 0.717) is 33.6 Å². The molecule has 0 bridgehead atoms. The van der Waals surface area contributed by atoms with E-state index in [4.69, 9.17) is 27.9 Å². The zero-order chi connectivity index (χ0) is 23.9. The number of hydrogen-bond acceptors (Lipinski definition) is 5. The van der Waals surface area contributed by atoms with Gasteiger partial charge in [0.25, 0.3) is 5.91 Å². The SMILES string of the molecule is Cc1nc(-c2c(Cl)c3ccccc3n2-c2ccc(C(O)(C(=O)NCl)c3ccccc3)cc2)no1. The first-order valence-electron chi connectivity index (χ1n) is 10.3. The zero-order valence-corrected chi connectivity index (χ0v) is 19.4. The van der Waals surface area contributed by atoms with Crippen molar-refractivity contribution in [2.45, 2.75) is 12.5 Å². The molecule has 0 aliphatic heterocycles. The number of hydrogen-bond donors (Lipinski definition) is 2. The number of para-hydroxylation sites is 1. The van der Waals surface area contributed by atoms with Crippen LogP contribution < -0.4 is 4.84 Å². The maximum Gasteiger partial charge on any atom is 0.275 e. The lowest BCUT2D eigenvalue weighted by Crippen LogP contribution is -2.42. The second-order valence-electron chi connectivity index (χ2n) is 7.70. The predicted molar refractivity (Wildman–Crippen MR) is 130 cm³/mol. The quantitative estimate of drug-likeness (QED) is 0.331. The van der Waals surface area contributed by atoms with Gasteiger partial charge in [0.1, 0.15) is 5.69 Å². The number of aromatic nitrogens is 3. The normalized spacial score (nSPS) is 13.1. The first-order chi connectivity index (χ1) is 16.4. The minimum Gasteiger partial charge on any atom is -0.372 e. The zero-order valence-electron chi connectivity index (χ0n) is 17.9. The van der Waals surface area contributed by atoms with E-state index in [9.17, 15) is 9.90 Å². The topological polar surface area (TPSA) is 93.2 Å². The van der Waals surface area contributed by atoms with Crippen LogP contribution in [0.4, 0.5) is 0 Å². The number of rotatable bonds is 5. The molecule has 34 heavy (non-hydrogen) atoms. The Morgan fingerprint density at radius 2 is 1.65 bits per heavy atom. The van der Waals surface area contributed by atoms with E-state index in [1.807, 2.05) is 33.7 Å². The number of halogens is 2. The van der Waals surface area contributed by atoms with Crippen LogP contribution in [0.3, 0.4) is 0 Å². The molecule has 9 heteroatoms. The van der Waals surface area contributed by atoms with Crippen LogP contribution in [0.5, 0.6) is 0 Å². The molecule has 0 spiro atoms. The standard InChI is InChI=1S/C25H18Cl2N4O3/c1-15-28-23(30-34-15)22-21(26)19-9-5-6-10-20(19)31(22)18-13-11-17(12-14-18)25(33,24(32)29-27)16-7-3-2-4-8-16/h2-14,33H,1H3,(H,29,32). The van der Waals surface area contributed by atoms with E-state index >= 15 is 0 Å². The molecule has 0 saturated heterocycles. The summed E-state index contributed by atoms with van der Waals surface area (Å²) in [5, 5.41) is 16.8. The number of nitrogens with one attached hydrogen (secondary N) is 1. The fraction of sp³-hybridized carbons (Fsp3) is 0.0800. The number of amides is 1. The lowest BCUT2D eigenvalue weighted by molar-refractivity contribution is -0.134. The summed E-state index contributed by atoms with van der Waals surface area (Å²) >= 11 is 12.4. The highest BCUT2D eigenvalue weighted by Crippen LogP contribution is 2.39. The van der Waals surface area contributed by atoms with Gasteiger partial charge in [-0.25, -0.2) is 0 Å². The van der Waals surface area contributed by atoms with Gasteiger partial charge in [-0.15, -0.1) is 0 Å². The van der Waals surface area contributed by atoms with Gasteiger partial charge in [-0.1, -0.05) is 77.4 Å². The average molecular weight is 493 g/mol. The maximum atomic E-state index is 12.7. The third-order valence-corrected chi connectivity index (χ3v) is 6.26. The maximum absolute atomic E-state index is 12.7. The van der Waals surface area contributed by atoms with Crippen molar-refractivity contribution in [2.75, 3.05) is 0 Å². The molecule has 5 aromatic rings. The van der Waals surface area contributed by atoms with Gasteiger partial charge in [-0.05, 0) is 29.3 Å². The van der Waals surface area contributed by atoms with Crippen LogP contribution in [0.2, 0.25) is 5.02 Å². The molecule has 2 heterocycles. The molecule has 0 saturated carbocycles. The van der Waals surface area contributed by atoms with Crippen LogP contribution in [0.25, 0.3) is 28.1 Å². The molecule has 1 atom stereocenters. The highest BCUT2D eigenvalue weighted by atomic mass is 35.5. The fourth-order valence-corrected chi connectivity index (χ4v) is 4.56. The minimum atomic E-state index is -1.98. The summed E-state index contributed by atoms with van der Waals surface area (Å²) in [6, 6.07) is 23.2. The van der Waals surface area contributed by atoms with Gasteiger partial charge in [0.05, 0.1) is 10.5 Å². The molecule has 5 rings (SSSR count). The Hall–Kier alpha value is -3.65. The molecule has 1 amide bonds. The number of fused-ring (bicyclic) bond motifs is 1. The second-order valence-corrected chi connectivity index (χ2v) is 8.27. The molecule has 0 aliphatic carbocycles. The van der Waals surface area contributed by atoms with Crippen molar-refractivity contribution in [1.82, 2.24) is 19.5 Å². The molecule has 0 fully saturated rings. The Morgan fingerprint density at radius 1 is 1.00 bits per heavy atom. The number of aryl methyl sites for hydroxylation is 1. The summed E-state index contributed by atoms with van der Waals surface area (Å²) in [7, 11) is 0. The van der Waals surface area contributed by atoms with E-state index in [1.54, 1.807) is 61.5 Å². The Morgan fingerprint density at radius 3 is 2.29 bits per heavy atom. The van der Waals surface area contributed by atoms with Crippen molar-refractivity contribution in [3.8, 4) is 17.2 Å². The van der Waals surface area contributed by atoms with Gasteiger partial charge in [-0.2, -0.15) is 4.98 Å². The van der Waals surface area contributed by atoms with E-state index in [1.165, 1.54) is 0 Å². The largest absolute Gasteiger partial charge is 0.372 e. The summed E-state index contributed by atoms with van der Waals surface area (Å²) in [5.41, 5.74) is 0.897. The Kier molecular flexibility index (Phi) is 5.61. The van der Waals surface area contributed by atoms with Crippen LogP contribution in [0, 0.1) is 6.92 Å². The van der Waals surface area contributed by atoms with Gasteiger partial charge in [0.15, 0.2) is 5.60 Å². The summed E-state index contributed by atoms with van der Waals surface area (Å²) in [5.74, 6) is 0.00820. The fourth-order valence-electron chi connectivity index (χ4n) is 4.09. The molecule has 170 valence electrons. The monoisotopic (exact) mass is 492 g/mol. The number of nitrogens with zero attached hydrogens (tertiary/aromatic N) is 3. The molecule has 1 unspecified atom stereocenters. The van der Waals surface area contributed by atoms with E-state index in [-0.39, 0.29) is 0 Å². The minimum absolute atomic E-state index is 0.347. The summed E-state index contributed by atoms with van der Waals surface area (Å²) < 4.78 is 7.10. The van der Waals surface area contributed by atoms with Gasteiger partial charge in [0.2, 0.25) is 11.7 Å². The van der Waals surface area contributed by atoms with Crippen LogP contribution in [0.1, 0.15) is 17.0 Å². The van der Waals surface area contributed by atoms with Crippen molar-refractivity contribution in [2.24, 2.45) is 0 Å². The van der Waals surface area contributed by atoms with Gasteiger partial charge in [0, 0.05) is 29.8 Å². The Bertz CT molecular complexity index is 1500. The van der Waals surface area contributed by atoms with Gasteiger partial charge >= 0.3 is 0 Å². The van der Waals surface area contributed by atoms with Crippen LogP contribution in [0.15, 0.2) is 83.4 Å². The first-order valence-corrected chi connectivity index (χ1v) is 11.1. The van der Waals surface area contributed by atoms with Crippen molar-refractivity contribution < 1.29 is 14.4 Å². The number of benzene rings is 3. The smallest absolute Gasteiger partial charge is 0.275 e. The number of aliphatic hydroxyl groups is 1. The highest BCUT2D eigenvalue weighted by Gasteiger charge is 2.39. The third kappa shape index (κ3) is 3.45. The van der Waals surface area contributed by atoms with Crippen LogP contribution in [-0.4, -0.2) is 25.7 Å². The van der Waals surface area contributed by atoms with E-state index in [2.05, 4.69) is 10.1 Å². The summed E-state index contributed by atoms with van der Waals surface area (Å²) in [4.78, 5) is 19.1. The van der Waals surface area contributed by atoms with Gasteiger partial charge < -0.3 is 14.2 Å². The molecule has 2 aromatic heterocycles. The second kappa shape index (κ2) is 8.61. The first kappa shape index (κ1) is 22.2. The molecule has 2 N–H and O–H groups in total. The lowest BCUT2D eigenvalue weighted by atomic mass is 9.85. The Labute approximate surface area is 204 Å². The average Bonchev–Trinajstić information content (AvgIpc) is 3.44. The van der Waals surface area contributed by atoms with Crippen molar-refractivity contribution in [3.05, 3.63) is 101 Å². The molecular weight excluding hydrogens is 475 g/mol. The van der Waals surface area contributed by atoms with E-state index < -0.39 is 11.5 Å².